The summed E-state index contributed by atoms with van der Waals surface area (Å²) in [4.78, 5) is 28.7. The number of carbonyl (C=O) groups is 2. The van der Waals surface area contributed by atoms with E-state index in [1.165, 1.54) is 0 Å². The van der Waals surface area contributed by atoms with Crippen molar-refractivity contribution in [2.24, 2.45) is 12.8 Å². The smallest absolute Gasteiger partial charge is 0.312 e. The number of imidazole rings is 1. The van der Waals surface area contributed by atoms with E-state index in [2.05, 4.69) is 15.6 Å². The zero-order valence-electron chi connectivity index (χ0n) is 15.6. The van der Waals surface area contributed by atoms with E-state index in [0.29, 0.717) is 0 Å². The van der Waals surface area contributed by atoms with Crippen LogP contribution in [0.4, 0.5) is 4.79 Å². The van der Waals surface area contributed by atoms with Gasteiger partial charge in [0.1, 0.15) is 11.9 Å². The van der Waals surface area contributed by atoms with Crippen LogP contribution in [0.25, 0.3) is 0 Å². The van der Waals surface area contributed by atoms with E-state index in [1.54, 1.807) is 6.20 Å². The van der Waals surface area contributed by atoms with E-state index in [9.17, 15) is 9.59 Å². The van der Waals surface area contributed by atoms with Crippen LogP contribution >= 0.6 is 0 Å². The first kappa shape index (κ1) is 19.2. The minimum absolute atomic E-state index is 0.0563. The zero-order valence-corrected chi connectivity index (χ0v) is 15.6. The van der Waals surface area contributed by atoms with Gasteiger partial charge in [-0.25, -0.2) is 9.78 Å². The highest BCUT2D eigenvalue weighted by atomic mass is 16.2. The molecular weight excluding hydrogens is 354 g/mol. The third kappa shape index (κ3) is 4.76. The largest absolute Gasteiger partial charge is 0.352 e. The van der Waals surface area contributed by atoms with Crippen molar-refractivity contribution >= 4 is 11.9 Å². The molecule has 0 spiro atoms. The molecule has 3 aromatic rings. The molecule has 0 aliphatic heterocycles. The topological polar surface area (TPSA) is 102 Å². The third-order valence-electron chi connectivity index (χ3n) is 4.46. The lowest BCUT2D eigenvalue weighted by molar-refractivity contribution is -0.122. The van der Waals surface area contributed by atoms with Gasteiger partial charge in [0, 0.05) is 19.4 Å². The predicted molar refractivity (Wildman–Crippen MR) is 106 cm³/mol. The van der Waals surface area contributed by atoms with E-state index in [1.807, 2.05) is 78.5 Å². The number of nitrogens with two attached hydrogens (primary N) is 1. The maximum atomic E-state index is 12.9. The molecule has 28 heavy (non-hydrogen) atoms. The Morgan fingerprint density at radius 1 is 1.00 bits per heavy atom. The molecule has 0 saturated heterocycles. The van der Waals surface area contributed by atoms with Crippen LogP contribution in [0.5, 0.6) is 0 Å². The Morgan fingerprint density at radius 3 is 2.14 bits per heavy atom. The normalized spacial score (nSPS) is 12.8. The molecule has 2 aromatic carbocycles. The number of aryl methyl sites for hydroxylation is 1. The van der Waals surface area contributed by atoms with Crippen LogP contribution in [0.2, 0.25) is 0 Å². The molecular formula is C21H23N5O2. The number of nitrogens with one attached hydrogen (secondary N) is 2. The van der Waals surface area contributed by atoms with Crippen molar-refractivity contribution in [1.82, 2.24) is 20.2 Å². The molecule has 2 unspecified atom stereocenters. The van der Waals surface area contributed by atoms with Crippen LogP contribution in [0.1, 0.15) is 35.5 Å². The van der Waals surface area contributed by atoms with E-state index in [0.717, 1.165) is 17.0 Å². The summed E-state index contributed by atoms with van der Waals surface area (Å²) in [6.07, 6.45) is 3.58. The van der Waals surface area contributed by atoms with Crippen molar-refractivity contribution in [1.29, 1.82) is 0 Å². The summed E-state index contributed by atoms with van der Waals surface area (Å²) in [7, 11) is 1.88. The van der Waals surface area contributed by atoms with Gasteiger partial charge in [0.15, 0.2) is 0 Å². The molecule has 4 N–H and O–H groups in total. The third-order valence-corrected chi connectivity index (χ3v) is 4.46. The summed E-state index contributed by atoms with van der Waals surface area (Å²) in [6.45, 7) is 0. The number of hydrogen-bond donors (Lipinski definition) is 3. The van der Waals surface area contributed by atoms with E-state index in [-0.39, 0.29) is 12.3 Å². The standard InChI is InChI=1S/C21H23N5O2/c1-26-13-12-23-20(26)19(16-10-6-3-7-11-16)25-18(27)14-17(24-21(22)28)15-8-4-2-5-9-15/h2-13,17,19H,14H2,1H3,(H,25,27)(H3,22,24,28). The summed E-state index contributed by atoms with van der Waals surface area (Å²) in [6, 6.07) is 17.3. The lowest BCUT2D eigenvalue weighted by Crippen LogP contribution is -2.38. The highest BCUT2D eigenvalue weighted by molar-refractivity contribution is 5.79. The van der Waals surface area contributed by atoms with Crippen LogP contribution < -0.4 is 16.4 Å². The van der Waals surface area contributed by atoms with Gasteiger partial charge >= 0.3 is 6.03 Å². The van der Waals surface area contributed by atoms with Crippen molar-refractivity contribution in [3.8, 4) is 0 Å². The second kappa shape index (κ2) is 8.85. The van der Waals surface area contributed by atoms with Gasteiger partial charge < -0.3 is 20.9 Å². The molecule has 3 amide bonds. The van der Waals surface area contributed by atoms with E-state index < -0.39 is 18.1 Å². The number of benzene rings is 2. The number of hydrogen-bond acceptors (Lipinski definition) is 3. The Kier molecular flexibility index (Phi) is 6.06. The van der Waals surface area contributed by atoms with Gasteiger partial charge in [-0.05, 0) is 11.1 Å². The van der Waals surface area contributed by atoms with Gasteiger partial charge in [-0.1, -0.05) is 60.7 Å². The number of primary amides is 1. The number of amides is 3. The summed E-state index contributed by atoms with van der Waals surface area (Å²) < 4.78 is 1.87. The quantitative estimate of drug-likeness (QED) is 0.589. The zero-order chi connectivity index (χ0) is 19.9. The first-order valence-corrected chi connectivity index (χ1v) is 8.97. The average molecular weight is 377 g/mol. The number of aromatic nitrogens is 2. The molecule has 0 aliphatic rings. The van der Waals surface area contributed by atoms with Gasteiger partial charge in [0.25, 0.3) is 0 Å². The molecule has 2 atom stereocenters. The summed E-state index contributed by atoms with van der Waals surface area (Å²) >= 11 is 0. The van der Waals surface area contributed by atoms with Crippen molar-refractivity contribution < 1.29 is 9.59 Å². The lowest BCUT2D eigenvalue weighted by Gasteiger charge is -2.22. The molecule has 0 aliphatic carbocycles. The van der Waals surface area contributed by atoms with Crippen LogP contribution in [0.3, 0.4) is 0 Å². The number of carbonyl (C=O) groups excluding carboxylic acids is 2. The Hall–Kier alpha value is -3.61. The lowest BCUT2D eigenvalue weighted by atomic mass is 10.0. The molecule has 1 aromatic heterocycles. The molecule has 1 heterocycles. The first-order valence-electron chi connectivity index (χ1n) is 8.97. The molecule has 3 rings (SSSR count). The molecule has 7 nitrogen and oxygen atoms in total. The highest BCUT2D eigenvalue weighted by Gasteiger charge is 2.23. The molecule has 0 saturated carbocycles. The van der Waals surface area contributed by atoms with Crippen molar-refractivity contribution in [3.05, 3.63) is 90.0 Å². The first-order chi connectivity index (χ1) is 13.5. The van der Waals surface area contributed by atoms with E-state index >= 15 is 0 Å². The average Bonchev–Trinajstić information content (AvgIpc) is 3.12. The fraction of sp³-hybridized carbons (Fsp3) is 0.190. The molecule has 0 radical (unpaired) electrons. The summed E-state index contributed by atoms with van der Waals surface area (Å²) in [5, 5.41) is 5.68. The Balaban J connectivity index is 1.81. The van der Waals surface area contributed by atoms with Crippen molar-refractivity contribution in [2.75, 3.05) is 0 Å². The number of nitrogens with zero attached hydrogens (tertiary/aromatic N) is 2. The Morgan fingerprint density at radius 2 is 1.61 bits per heavy atom. The summed E-state index contributed by atoms with van der Waals surface area (Å²) in [5.74, 6) is 0.498. The predicted octanol–water partition coefficient (Wildman–Crippen LogP) is 2.43. The van der Waals surface area contributed by atoms with Crippen molar-refractivity contribution in [2.45, 2.75) is 18.5 Å². The van der Waals surface area contributed by atoms with Crippen LogP contribution in [0.15, 0.2) is 73.1 Å². The van der Waals surface area contributed by atoms with Crippen LogP contribution in [-0.2, 0) is 11.8 Å². The maximum absolute atomic E-state index is 12.9. The Labute approximate surface area is 163 Å². The number of rotatable bonds is 7. The van der Waals surface area contributed by atoms with Crippen molar-refractivity contribution in [3.63, 3.8) is 0 Å². The van der Waals surface area contributed by atoms with E-state index in [4.69, 9.17) is 5.73 Å². The molecule has 7 heteroatoms. The molecule has 0 bridgehead atoms. The van der Waals surface area contributed by atoms with Crippen LogP contribution in [0, 0.1) is 0 Å². The fourth-order valence-corrected chi connectivity index (χ4v) is 3.11. The minimum Gasteiger partial charge on any atom is -0.352 e. The molecule has 0 fully saturated rings. The van der Waals surface area contributed by atoms with Gasteiger partial charge in [0.05, 0.1) is 12.5 Å². The highest BCUT2D eigenvalue weighted by Crippen LogP contribution is 2.22. The van der Waals surface area contributed by atoms with Gasteiger partial charge in [-0.2, -0.15) is 0 Å². The van der Waals surface area contributed by atoms with Gasteiger partial charge in [-0.15, -0.1) is 0 Å². The minimum atomic E-state index is -0.676. The summed E-state index contributed by atoms with van der Waals surface area (Å²) in [5.41, 5.74) is 7.03. The maximum Gasteiger partial charge on any atom is 0.312 e. The second-order valence-corrected chi connectivity index (χ2v) is 6.48. The molecule has 144 valence electrons. The second-order valence-electron chi connectivity index (χ2n) is 6.48. The van der Waals surface area contributed by atoms with Gasteiger partial charge in [-0.3, -0.25) is 4.79 Å². The number of urea groups is 1. The monoisotopic (exact) mass is 377 g/mol. The Bertz CT molecular complexity index is 924. The van der Waals surface area contributed by atoms with Crippen LogP contribution in [-0.4, -0.2) is 21.5 Å². The fourth-order valence-electron chi connectivity index (χ4n) is 3.11. The van der Waals surface area contributed by atoms with Gasteiger partial charge in [0.2, 0.25) is 5.91 Å². The SMILES string of the molecule is Cn1ccnc1C(NC(=O)CC(NC(N)=O)c1ccccc1)c1ccccc1.